The van der Waals surface area contributed by atoms with E-state index in [-0.39, 0.29) is 48.9 Å². The van der Waals surface area contributed by atoms with E-state index in [4.69, 9.17) is 21.1 Å². The molecule has 1 N–H and O–H groups in total. The summed E-state index contributed by atoms with van der Waals surface area (Å²) in [7, 11) is 0. The van der Waals surface area contributed by atoms with Crippen molar-refractivity contribution in [3.63, 3.8) is 0 Å². The molecular weight excluding hydrogens is 510 g/mol. The van der Waals surface area contributed by atoms with Crippen molar-refractivity contribution in [3.8, 4) is 0 Å². The molecule has 0 unspecified atom stereocenters. The second-order valence-electron chi connectivity index (χ2n) is 8.35. The van der Waals surface area contributed by atoms with Gasteiger partial charge in [-0.3, -0.25) is 19.2 Å². The average Bonchev–Trinajstić information content (AvgIpc) is 2.92. The number of ketones is 2. The van der Waals surface area contributed by atoms with Crippen molar-refractivity contribution in [1.82, 2.24) is 0 Å². The monoisotopic (exact) mass is 535 g/mol. The predicted molar refractivity (Wildman–Crippen MR) is 141 cm³/mol. The van der Waals surface area contributed by atoms with Crippen LogP contribution >= 0.6 is 11.6 Å². The number of nitrogens with one attached hydrogen (secondary N) is 1. The highest BCUT2D eigenvalue weighted by Gasteiger charge is 2.20. The summed E-state index contributed by atoms with van der Waals surface area (Å²) >= 11 is 5.78. The minimum absolute atomic E-state index is 0.0218. The van der Waals surface area contributed by atoms with Gasteiger partial charge in [-0.15, -0.1) is 0 Å². The standard InChI is InChI=1S/C29H26ClNO7/c1-19(28(35)21-6-3-2-4-7-21)38-29(36)22-12-16-24(17-13-22)31-26(33)8-5-9-27(34)37-18-25(32)20-10-14-23(30)15-11-20/h2-4,6-7,10-17,19H,5,8-9,18H2,1H3,(H,31,33)/t19-/m1/s1. The highest BCUT2D eigenvalue weighted by Crippen LogP contribution is 2.14. The van der Waals surface area contributed by atoms with Crippen LogP contribution in [-0.4, -0.2) is 42.1 Å². The summed E-state index contributed by atoms with van der Waals surface area (Å²) in [5, 5.41) is 3.17. The van der Waals surface area contributed by atoms with Crippen LogP contribution < -0.4 is 5.32 Å². The largest absolute Gasteiger partial charge is 0.457 e. The number of Topliss-reactive ketones (excluding diaryl/α,β-unsaturated/α-hetero) is 2. The molecule has 0 radical (unpaired) electrons. The van der Waals surface area contributed by atoms with Gasteiger partial charge in [0.1, 0.15) is 0 Å². The number of carbonyl (C=O) groups is 5. The summed E-state index contributed by atoms with van der Waals surface area (Å²) in [4.78, 5) is 60.9. The number of hydrogen-bond donors (Lipinski definition) is 1. The minimum Gasteiger partial charge on any atom is -0.457 e. The van der Waals surface area contributed by atoms with Crippen LogP contribution in [0, 0.1) is 0 Å². The first-order valence-electron chi connectivity index (χ1n) is 11.9. The third-order valence-electron chi connectivity index (χ3n) is 5.43. The molecule has 0 aliphatic heterocycles. The molecule has 196 valence electrons. The number of hydrogen-bond acceptors (Lipinski definition) is 7. The lowest BCUT2D eigenvalue weighted by Crippen LogP contribution is -2.24. The third kappa shape index (κ3) is 8.67. The van der Waals surface area contributed by atoms with E-state index in [1.54, 1.807) is 54.6 Å². The molecule has 8 nitrogen and oxygen atoms in total. The van der Waals surface area contributed by atoms with Gasteiger partial charge in [0.25, 0.3) is 0 Å². The molecule has 38 heavy (non-hydrogen) atoms. The lowest BCUT2D eigenvalue weighted by Gasteiger charge is -2.12. The van der Waals surface area contributed by atoms with E-state index in [9.17, 15) is 24.0 Å². The second kappa shape index (κ2) is 13.9. The maximum atomic E-state index is 12.4. The number of ether oxygens (including phenoxy) is 2. The van der Waals surface area contributed by atoms with Crippen LogP contribution in [0.15, 0.2) is 78.9 Å². The van der Waals surface area contributed by atoms with Gasteiger partial charge in [-0.25, -0.2) is 4.79 Å². The number of amides is 1. The summed E-state index contributed by atoms with van der Waals surface area (Å²) in [6.07, 6.45) is -0.682. The van der Waals surface area contributed by atoms with Crippen molar-refractivity contribution in [1.29, 1.82) is 0 Å². The predicted octanol–water partition coefficient (Wildman–Crippen LogP) is 5.30. The number of rotatable bonds is 12. The zero-order chi connectivity index (χ0) is 27.5. The molecule has 0 aliphatic rings. The van der Waals surface area contributed by atoms with Gasteiger partial charge >= 0.3 is 11.9 Å². The van der Waals surface area contributed by atoms with Crippen LogP contribution in [0.5, 0.6) is 0 Å². The molecule has 0 aliphatic carbocycles. The Morgan fingerprint density at radius 1 is 0.789 bits per heavy atom. The van der Waals surface area contributed by atoms with Crippen LogP contribution in [0.4, 0.5) is 5.69 Å². The summed E-state index contributed by atoms with van der Waals surface area (Å²) in [5.41, 5.74) is 1.52. The SMILES string of the molecule is C[C@@H](OC(=O)c1ccc(NC(=O)CCCC(=O)OCC(=O)c2ccc(Cl)cc2)cc1)C(=O)c1ccccc1. The van der Waals surface area contributed by atoms with Crippen molar-refractivity contribution in [2.75, 3.05) is 11.9 Å². The van der Waals surface area contributed by atoms with E-state index in [1.807, 2.05) is 0 Å². The molecule has 3 aromatic rings. The molecule has 0 saturated heterocycles. The molecule has 0 aromatic heterocycles. The summed E-state index contributed by atoms with van der Waals surface area (Å²) in [6.45, 7) is 1.12. The Labute approximate surface area is 224 Å². The van der Waals surface area contributed by atoms with Gasteiger partial charge in [0, 0.05) is 34.7 Å². The molecule has 0 spiro atoms. The Balaban J connectivity index is 1.37. The molecular formula is C29H26ClNO7. The molecule has 0 heterocycles. The van der Waals surface area contributed by atoms with E-state index in [2.05, 4.69) is 5.32 Å². The van der Waals surface area contributed by atoms with Crippen LogP contribution in [0.3, 0.4) is 0 Å². The number of halogens is 1. The second-order valence-corrected chi connectivity index (χ2v) is 8.78. The molecule has 0 saturated carbocycles. The Kier molecular flexibility index (Phi) is 10.3. The van der Waals surface area contributed by atoms with Gasteiger partial charge < -0.3 is 14.8 Å². The van der Waals surface area contributed by atoms with Crippen molar-refractivity contribution < 1.29 is 33.4 Å². The Morgan fingerprint density at radius 3 is 2.08 bits per heavy atom. The zero-order valence-electron chi connectivity index (χ0n) is 20.6. The zero-order valence-corrected chi connectivity index (χ0v) is 21.4. The molecule has 1 amide bonds. The molecule has 0 fully saturated rings. The van der Waals surface area contributed by atoms with Crippen molar-refractivity contribution in [2.45, 2.75) is 32.3 Å². The number of anilines is 1. The quantitative estimate of drug-likeness (QED) is 0.247. The van der Waals surface area contributed by atoms with Gasteiger partial charge in [-0.05, 0) is 61.9 Å². The molecule has 3 rings (SSSR count). The van der Waals surface area contributed by atoms with E-state index >= 15 is 0 Å². The van der Waals surface area contributed by atoms with E-state index < -0.39 is 18.0 Å². The number of benzene rings is 3. The van der Waals surface area contributed by atoms with Crippen LogP contribution in [0.25, 0.3) is 0 Å². The first-order valence-corrected chi connectivity index (χ1v) is 12.3. The van der Waals surface area contributed by atoms with Gasteiger partial charge in [-0.1, -0.05) is 41.9 Å². The summed E-state index contributed by atoms with van der Waals surface area (Å²) < 4.78 is 10.2. The summed E-state index contributed by atoms with van der Waals surface area (Å²) in [5.74, 6) is -2.22. The average molecular weight is 536 g/mol. The molecule has 0 bridgehead atoms. The third-order valence-corrected chi connectivity index (χ3v) is 5.68. The van der Waals surface area contributed by atoms with E-state index in [1.165, 1.54) is 31.2 Å². The first-order chi connectivity index (χ1) is 18.2. The topological polar surface area (TPSA) is 116 Å². The van der Waals surface area contributed by atoms with Gasteiger partial charge in [0.05, 0.1) is 5.56 Å². The Bertz CT molecular complexity index is 1290. The highest BCUT2D eigenvalue weighted by molar-refractivity contribution is 6.30. The lowest BCUT2D eigenvalue weighted by atomic mass is 10.1. The number of carbonyl (C=O) groups excluding carboxylic acids is 5. The van der Waals surface area contributed by atoms with Crippen LogP contribution in [0.1, 0.15) is 57.3 Å². The van der Waals surface area contributed by atoms with Crippen molar-refractivity contribution in [3.05, 3.63) is 101 Å². The molecule has 9 heteroatoms. The normalized spacial score (nSPS) is 11.2. The lowest BCUT2D eigenvalue weighted by molar-refractivity contribution is -0.142. The fourth-order valence-electron chi connectivity index (χ4n) is 3.36. The summed E-state index contributed by atoms with van der Waals surface area (Å²) in [6, 6.07) is 20.8. The molecule has 1 atom stereocenters. The first kappa shape index (κ1) is 28.3. The van der Waals surface area contributed by atoms with Gasteiger partial charge in [0.2, 0.25) is 11.7 Å². The van der Waals surface area contributed by atoms with E-state index in [0.717, 1.165) is 0 Å². The fraction of sp³-hybridized carbons (Fsp3) is 0.207. The van der Waals surface area contributed by atoms with Gasteiger partial charge in [-0.2, -0.15) is 0 Å². The van der Waals surface area contributed by atoms with Crippen molar-refractivity contribution >= 4 is 46.7 Å². The highest BCUT2D eigenvalue weighted by atomic mass is 35.5. The number of esters is 2. The van der Waals surface area contributed by atoms with Crippen LogP contribution in [-0.2, 0) is 19.1 Å². The molecule has 3 aromatic carbocycles. The minimum atomic E-state index is -0.952. The Morgan fingerprint density at radius 2 is 1.42 bits per heavy atom. The van der Waals surface area contributed by atoms with Crippen LogP contribution in [0.2, 0.25) is 5.02 Å². The maximum Gasteiger partial charge on any atom is 0.338 e. The van der Waals surface area contributed by atoms with E-state index in [0.29, 0.717) is 21.8 Å². The van der Waals surface area contributed by atoms with Crippen molar-refractivity contribution in [2.24, 2.45) is 0 Å². The maximum absolute atomic E-state index is 12.4. The van der Waals surface area contributed by atoms with Gasteiger partial charge in [0.15, 0.2) is 18.5 Å². The smallest absolute Gasteiger partial charge is 0.338 e. The Hall–Kier alpha value is -4.30. The fourth-order valence-corrected chi connectivity index (χ4v) is 3.49.